The van der Waals surface area contributed by atoms with Gasteiger partial charge in [0.1, 0.15) is 0 Å². The monoisotopic (exact) mass is 381 g/mol. The van der Waals surface area contributed by atoms with Gasteiger partial charge in [-0.2, -0.15) is 4.31 Å². The molecule has 0 aromatic heterocycles. The van der Waals surface area contributed by atoms with Crippen LogP contribution < -0.4 is 5.32 Å². The Bertz CT molecular complexity index is 673. The SMILES string of the molecule is CC(C)C(CNC(=O)C1CCN(S(=O)(=O)c2ccccc2)CC1)N(C)C. The third-order valence-electron chi connectivity index (χ3n) is 5.12. The van der Waals surface area contributed by atoms with Gasteiger partial charge in [-0.1, -0.05) is 32.0 Å². The van der Waals surface area contributed by atoms with Crippen molar-refractivity contribution in [3.63, 3.8) is 0 Å². The number of hydrogen-bond acceptors (Lipinski definition) is 4. The summed E-state index contributed by atoms with van der Waals surface area (Å²) in [6, 6.07) is 8.76. The van der Waals surface area contributed by atoms with Gasteiger partial charge in [0, 0.05) is 31.6 Å². The van der Waals surface area contributed by atoms with Gasteiger partial charge in [-0.25, -0.2) is 8.42 Å². The minimum Gasteiger partial charge on any atom is -0.354 e. The van der Waals surface area contributed by atoms with Crippen LogP contribution >= 0.6 is 0 Å². The number of piperidine rings is 1. The summed E-state index contributed by atoms with van der Waals surface area (Å²) in [6.45, 7) is 5.67. The fourth-order valence-corrected chi connectivity index (χ4v) is 4.95. The van der Waals surface area contributed by atoms with E-state index in [1.165, 1.54) is 4.31 Å². The number of hydrogen-bond donors (Lipinski definition) is 1. The van der Waals surface area contributed by atoms with E-state index in [1.807, 2.05) is 14.1 Å². The summed E-state index contributed by atoms with van der Waals surface area (Å²) in [4.78, 5) is 14.9. The van der Waals surface area contributed by atoms with Gasteiger partial charge >= 0.3 is 0 Å². The summed E-state index contributed by atoms with van der Waals surface area (Å²) >= 11 is 0. The molecule has 1 atom stereocenters. The summed E-state index contributed by atoms with van der Waals surface area (Å²) in [6.07, 6.45) is 1.12. The first kappa shape index (κ1) is 20.9. The number of amides is 1. The molecule has 1 aromatic rings. The topological polar surface area (TPSA) is 69.7 Å². The number of nitrogens with zero attached hydrogens (tertiary/aromatic N) is 2. The van der Waals surface area contributed by atoms with Gasteiger partial charge < -0.3 is 10.2 Å². The Hall–Kier alpha value is -1.44. The van der Waals surface area contributed by atoms with Crippen molar-refractivity contribution in [1.82, 2.24) is 14.5 Å². The Morgan fingerprint density at radius 3 is 2.27 bits per heavy atom. The van der Waals surface area contributed by atoms with Crippen LogP contribution in [0.3, 0.4) is 0 Å². The quantitative estimate of drug-likeness (QED) is 0.782. The number of carbonyl (C=O) groups excluding carboxylic acids is 1. The maximum atomic E-state index is 12.6. The Labute approximate surface area is 157 Å². The fraction of sp³-hybridized carbons (Fsp3) is 0.632. The Balaban J connectivity index is 1.89. The van der Waals surface area contributed by atoms with Crippen molar-refractivity contribution in [1.29, 1.82) is 0 Å². The molecule has 1 fully saturated rings. The highest BCUT2D eigenvalue weighted by molar-refractivity contribution is 7.89. The molecule has 0 bridgehead atoms. The number of sulfonamides is 1. The van der Waals surface area contributed by atoms with Crippen molar-refractivity contribution in [2.45, 2.75) is 37.6 Å². The van der Waals surface area contributed by atoms with Crippen molar-refractivity contribution in [3.8, 4) is 0 Å². The molecule has 1 aromatic carbocycles. The van der Waals surface area contributed by atoms with E-state index < -0.39 is 10.0 Å². The van der Waals surface area contributed by atoms with Crippen molar-refractivity contribution in [2.24, 2.45) is 11.8 Å². The van der Waals surface area contributed by atoms with Crippen LogP contribution in [0.4, 0.5) is 0 Å². The van der Waals surface area contributed by atoms with Crippen molar-refractivity contribution >= 4 is 15.9 Å². The molecule has 1 amide bonds. The average Bonchev–Trinajstić information content (AvgIpc) is 2.62. The van der Waals surface area contributed by atoms with Gasteiger partial charge in [-0.3, -0.25) is 4.79 Å². The van der Waals surface area contributed by atoms with E-state index in [-0.39, 0.29) is 17.9 Å². The Morgan fingerprint density at radius 1 is 1.19 bits per heavy atom. The zero-order valence-corrected chi connectivity index (χ0v) is 17.0. The number of likely N-dealkylation sites (N-methyl/N-ethyl adjacent to an activating group) is 1. The van der Waals surface area contributed by atoms with Crippen LogP contribution in [0.15, 0.2) is 35.2 Å². The molecular formula is C19H31N3O3S. The molecule has 0 aliphatic carbocycles. The van der Waals surface area contributed by atoms with E-state index >= 15 is 0 Å². The summed E-state index contributed by atoms with van der Waals surface area (Å²) in [5, 5.41) is 3.05. The number of carbonyl (C=O) groups is 1. The van der Waals surface area contributed by atoms with Gasteiger partial charge in [0.05, 0.1) is 4.90 Å². The first-order valence-corrected chi connectivity index (χ1v) is 10.7. The minimum absolute atomic E-state index is 0.0364. The van der Waals surface area contributed by atoms with Gasteiger partial charge in [0.15, 0.2) is 0 Å². The first-order valence-electron chi connectivity index (χ1n) is 9.22. The van der Waals surface area contributed by atoms with Crippen LogP contribution in [0.5, 0.6) is 0 Å². The van der Waals surface area contributed by atoms with Gasteiger partial charge in [0.25, 0.3) is 0 Å². The van der Waals surface area contributed by atoms with E-state index in [0.717, 1.165) is 0 Å². The Kier molecular flexibility index (Phi) is 7.20. The zero-order valence-electron chi connectivity index (χ0n) is 16.2. The number of nitrogens with one attached hydrogen (secondary N) is 1. The predicted molar refractivity (Wildman–Crippen MR) is 103 cm³/mol. The largest absolute Gasteiger partial charge is 0.354 e. The third-order valence-corrected chi connectivity index (χ3v) is 7.04. The van der Waals surface area contributed by atoms with E-state index in [9.17, 15) is 13.2 Å². The van der Waals surface area contributed by atoms with Crippen LogP contribution in [0, 0.1) is 11.8 Å². The maximum Gasteiger partial charge on any atom is 0.243 e. The predicted octanol–water partition coefficient (Wildman–Crippen LogP) is 1.79. The molecule has 1 heterocycles. The lowest BCUT2D eigenvalue weighted by Crippen LogP contribution is -2.47. The van der Waals surface area contributed by atoms with Gasteiger partial charge in [0.2, 0.25) is 15.9 Å². The standard InChI is InChI=1S/C19H31N3O3S/c1-15(2)18(21(3)4)14-20-19(23)16-10-12-22(13-11-16)26(24,25)17-8-6-5-7-9-17/h5-9,15-16,18H,10-14H2,1-4H3,(H,20,23). The molecule has 1 N–H and O–H groups in total. The first-order chi connectivity index (χ1) is 12.2. The molecule has 1 aliphatic rings. The highest BCUT2D eigenvalue weighted by atomic mass is 32.2. The molecular weight excluding hydrogens is 350 g/mol. The molecule has 1 unspecified atom stereocenters. The second-order valence-corrected chi connectivity index (χ2v) is 9.45. The minimum atomic E-state index is -3.46. The molecule has 1 aliphatic heterocycles. The van der Waals surface area contributed by atoms with Crippen molar-refractivity contribution in [3.05, 3.63) is 30.3 Å². The fourth-order valence-electron chi connectivity index (χ4n) is 3.46. The lowest BCUT2D eigenvalue weighted by molar-refractivity contribution is -0.126. The molecule has 6 nitrogen and oxygen atoms in total. The zero-order chi connectivity index (χ0) is 19.3. The highest BCUT2D eigenvalue weighted by Crippen LogP contribution is 2.24. The summed E-state index contributed by atoms with van der Waals surface area (Å²) in [5.41, 5.74) is 0. The van der Waals surface area contributed by atoms with E-state index in [2.05, 4.69) is 24.1 Å². The molecule has 2 rings (SSSR count). The molecule has 7 heteroatoms. The van der Waals surface area contributed by atoms with Crippen LogP contribution in [0.1, 0.15) is 26.7 Å². The molecule has 0 spiro atoms. The van der Waals surface area contributed by atoms with E-state index in [1.54, 1.807) is 30.3 Å². The summed E-state index contributed by atoms with van der Waals surface area (Å²) < 4.78 is 26.8. The second-order valence-electron chi connectivity index (χ2n) is 7.51. The number of benzene rings is 1. The van der Waals surface area contributed by atoms with Crippen LogP contribution in [-0.4, -0.2) is 63.3 Å². The molecule has 26 heavy (non-hydrogen) atoms. The van der Waals surface area contributed by atoms with Gasteiger partial charge in [-0.05, 0) is 45.0 Å². The normalized spacial score (nSPS) is 18.2. The van der Waals surface area contributed by atoms with Crippen LogP contribution in [0.25, 0.3) is 0 Å². The van der Waals surface area contributed by atoms with E-state index in [0.29, 0.717) is 43.3 Å². The summed E-state index contributed by atoms with van der Waals surface area (Å²) in [5.74, 6) is 0.365. The lowest BCUT2D eigenvalue weighted by atomic mass is 9.96. The average molecular weight is 382 g/mol. The Morgan fingerprint density at radius 2 is 1.77 bits per heavy atom. The van der Waals surface area contributed by atoms with Gasteiger partial charge in [-0.15, -0.1) is 0 Å². The third kappa shape index (κ3) is 5.05. The molecule has 0 saturated carbocycles. The smallest absolute Gasteiger partial charge is 0.243 e. The molecule has 146 valence electrons. The van der Waals surface area contributed by atoms with Crippen molar-refractivity contribution < 1.29 is 13.2 Å². The maximum absolute atomic E-state index is 12.6. The van der Waals surface area contributed by atoms with Crippen LogP contribution in [-0.2, 0) is 14.8 Å². The van der Waals surface area contributed by atoms with E-state index in [4.69, 9.17) is 0 Å². The van der Waals surface area contributed by atoms with Crippen LogP contribution in [0.2, 0.25) is 0 Å². The molecule has 1 saturated heterocycles. The second kappa shape index (κ2) is 8.97. The van der Waals surface area contributed by atoms with Crippen molar-refractivity contribution in [2.75, 3.05) is 33.7 Å². The molecule has 0 radical (unpaired) electrons. The lowest BCUT2D eigenvalue weighted by Gasteiger charge is -2.32. The highest BCUT2D eigenvalue weighted by Gasteiger charge is 2.32. The summed E-state index contributed by atoms with van der Waals surface area (Å²) in [7, 11) is 0.571. The number of rotatable bonds is 7.